The maximum absolute atomic E-state index is 11.1. The third-order valence-corrected chi connectivity index (χ3v) is 4.00. The van der Waals surface area contributed by atoms with Crippen molar-refractivity contribution in [1.29, 1.82) is 0 Å². The van der Waals surface area contributed by atoms with Gasteiger partial charge in [-0.25, -0.2) is 9.78 Å². The average molecular weight is 433 g/mol. The summed E-state index contributed by atoms with van der Waals surface area (Å²) in [5, 5.41) is 8.95. The summed E-state index contributed by atoms with van der Waals surface area (Å²) < 4.78 is 110. The monoisotopic (exact) mass is 432 g/mol. The van der Waals surface area contributed by atoms with Gasteiger partial charge in [0.2, 0.25) is 0 Å². The largest absolute Gasteiger partial charge is 0.480 e. The third-order valence-electron chi connectivity index (χ3n) is 4.00. The molecule has 6 nitrogen and oxygen atoms in total. The van der Waals surface area contributed by atoms with Crippen LogP contribution in [0.1, 0.15) is 44.3 Å². The first kappa shape index (κ1) is 10.9. The zero-order chi connectivity index (χ0) is 33.4. The number of ether oxygens (including phenoxy) is 1. The molecule has 0 atom stereocenters. The Labute approximate surface area is 201 Å². The fraction of sp³-hybridized carbons (Fsp3) is 0.320. The third kappa shape index (κ3) is 6.36. The lowest BCUT2D eigenvalue weighted by Gasteiger charge is -2.28. The molecular weight excluding hydrogens is 390 g/mol. The van der Waals surface area contributed by atoms with Crippen LogP contribution in [0.5, 0.6) is 0 Å². The van der Waals surface area contributed by atoms with Crippen molar-refractivity contribution in [3.05, 3.63) is 66.9 Å². The van der Waals surface area contributed by atoms with Gasteiger partial charge in [-0.05, 0) is 26.5 Å². The van der Waals surface area contributed by atoms with Crippen molar-refractivity contribution in [3.8, 4) is 22.5 Å². The van der Waals surface area contributed by atoms with E-state index in [2.05, 4.69) is 14.7 Å². The molecule has 0 aliphatic carbocycles. The number of rotatable bonds is 11. The van der Waals surface area contributed by atoms with Crippen LogP contribution in [0.4, 0.5) is 5.82 Å². The molecule has 31 heavy (non-hydrogen) atoms. The molecule has 3 aromatic rings. The molecule has 0 spiro atoms. The summed E-state index contributed by atoms with van der Waals surface area (Å²) in [5.74, 6) is -2.79. The van der Waals surface area contributed by atoms with Crippen molar-refractivity contribution in [1.82, 2.24) is 9.97 Å². The minimum atomic E-state index is -3.76. The Morgan fingerprint density at radius 2 is 1.77 bits per heavy atom. The van der Waals surface area contributed by atoms with Crippen LogP contribution in [0.25, 0.3) is 22.5 Å². The smallest absolute Gasteiger partial charge is 0.329 e. The van der Waals surface area contributed by atoms with Crippen molar-refractivity contribution in [2.75, 3.05) is 24.6 Å². The molecule has 0 amide bonds. The van der Waals surface area contributed by atoms with Gasteiger partial charge in [-0.1, -0.05) is 60.7 Å². The second-order valence-electron chi connectivity index (χ2n) is 6.12. The molecule has 0 saturated carbocycles. The summed E-state index contributed by atoms with van der Waals surface area (Å²) in [7, 11) is 0. The van der Waals surface area contributed by atoms with Gasteiger partial charge in [0, 0.05) is 44.0 Å². The topological polar surface area (TPSA) is 75.6 Å². The molecule has 6 heteroatoms. The number of anilines is 1. The highest BCUT2D eigenvalue weighted by Crippen LogP contribution is 2.30. The molecule has 1 N–H and O–H groups in total. The first-order valence-electron chi connectivity index (χ1n) is 15.7. The Hall–Kier alpha value is -3.25. The molecule has 1 heterocycles. The van der Waals surface area contributed by atoms with E-state index in [0.29, 0.717) is 11.1 Å². The van der Waals surface area contributed by atoms with Crippen LogP contribution < -0.4 is 4.90 Å². The van der Waals surface area contributed by atoms with E-state index in [-0.39, 0.29) is 16.3 Å². The Balaban J connectivity index is 2.28. The number of carbonyl (C=O) groups is 1. The predicted octanol–water partition coefficient (Wildman–Crippen LogP) is 4.91. The number of hydrogen-bond donors (Lipinski definition) is 1. The number of benzene rings is 2. The lowest BCUT2D eigenvalue weighted by Crippen LogP contribution is -2.33. The van der Waals surface area contributed by atoms with Gasteiger partial charge in [0.05, 0.1) is 21.7 Å². The quantitative estimate of drug-likeness (QED) is 0.464. The second kappa shape index (κ2) is 11.2. The molecular formula is C25H29N3O3. The van der Waals surface area contributed by atoms with Crippen LogP contribution in [-0.2, 0) is 9.53 Å². The molecule has 0 fully saturated rings. The molecule has 0 aliphatic heterocycles. The van der Waals surface area contributed by atoms with Crippen LogP contribution in [0.3, 0.4) is 0 Å². The summed E-state index contributed by atoms with van der Waals surface area (Å²) in [4.78, 5) is 19.9. The second-order valence-corrected chi connectivity index (χ2v) is 6.12. The minimum absolute atomic E-state index is 0.0396. The number of carboxylic acid groups (broad SMARTS) is 1. The molecule has 1 aromatic heterocycles. The molecule has 0 bridgehead atoms. The molecule has 0 radical (unpaired) electrons. The highest BCUT2D eigenvalue weighted by molar-refractivity contribution is 5.78. The van der Waals surface area contributed by atoms with Gasteiger partial charge >= 0.3 is 5.97 Å². The van der Waals surface area contributed by atoms with E-state index >= 15 is 0 Å². The first-order chi connectivity index (χ1) is 20.0. The average Bonchev–Trinajstić information content (AvgIpc) is 2.91. The fourth-order valence-corrected chi connectivity index (χ4v) is 2.70. The zero-order valence-corrected chi connectivity index (χ0v) is 16.4. The Bertz CT molecular complexity index is 1440. The van der Waals surface area contributed by atoms with Gasteiger partial charge in [0.1, 0.15) is 12.4 Å². The van der Waals surface area contributed by atoms with Crippen LogP contribution in [0.15, 0.2) is 66.9 Å². The van der Waals surface area contributed by atoms with Gasteiger partial charge in [-0.2, -0.15) is 0 Å². The van der Waals surface area contributed by atoms with Gasteiger partial charge in [0.25, 0.3) is 0 Å². The Kier molecular flexibility index (Phi) is 3.93. The van der Waals surface area contributed by atoms with Crippen molar-refractivity contribution in [2.45, 2.75) is 32.5 Å². The molecule has 3 rings (SSSR count). The molecule has 0 aliphatic rings. The normalized spacial score (nSPS) is 19.7. The number of aromatic nitrogens is 2. The van der Waals surface area contributed by atoms with Crippen molar-refractivity contribution in [2.24, 2.45) is 0 Å². The standard InChI is InChI=1S/C25H29N3O3/c1-19(2)28(15-9-10-16-31-18-23(29)30)22-17-26-24(20-11-5-3-6-12-20)25(27-22)21-13-7-4-8-14-21/h3-8,11-14,17,19H,9-10,15-16,18H2,1-2H3,(H,29,30)/i1D3,2D3,10D2,15D2,18D2,19D. The highest BCUT2D eigenvalue weighted by Gasteiger charge is 2.17. The van der Waals surface area contributed by atoms with E-state index in [1.54, 1.807) is 60.7 Å². The maximum Gasteiger partial charge on any atom is 0.329 e. The van der Waals surface area contributed by atoms with Crippen molar-refractivity contribution in [3.63, 3.8) is 0 Å². The van der Waals surface area contributed by atoms with Crippen molar-refractivity contribution >= 4 is 11.8 Å². The molecule has 2 aromatic carbocycles. The number of aliphatic carboxylic acids is 1. The van der Waals surface area contributed by atoms with Gasteiger partial charge < -0.3 is 14.7 Å². The number of carboxylic acids is 1. The highest BCUT2D eigenvalue weighted by atomic mass is 16.5. The summed E-state index contributed by atoms with van der Waals surface area (Å²) in [5.41, 5.74) is 1.33. The molecule has 162 valence electrons. The predicted molar refractivity (Wildman–Crippen MR) is 123 cm³/mol. The lowest BCUT2D eigenvalue weighted by molar-refractivity contribution is -0.142. The first-order valence-corrected chi connectivity index (χ1v) is 9.19. The van der Waals surface area contributed by atoms with E-state index in [1.807, 2.05) is 0 Å². The van der Waals surface area contributed by atoms with Crippen LogP contribution in [0.2, 0.25) is 0 Å². The van der Waals surface area contributed by atoms with Gasteiger partial charge in [-0.3, -0.25) is 4.98 Å². The SMILES string of the molecule is [2H]C([2H])(COC([2H])([2H])C(=O)O)CC([2H])([2H])N(c1cnc(-c2ccccc2)c(-c2ccccc2)n1)C([2H])(C([2H])([2H])[2H])C([2H])([2H])[2H]. The van der Waals surface area contributed by atoms with E-state index in [1.165, 1.54) is 0 Å². The van der Waals surface area contributed by atoms with Crippen LogP contribution in [-0.4, -0.2) is 46.7 Å². The molecule has 0 unspecified atom stereocenters. The van der Waals surface area contributed by atoms with E-state index in [0.717, 1.165) is 6.20 Å². The fourth-order valence-electron chi connectivity index (χ4n) is 2.70. The van der Waals surface area contributed by atoms with Crippen LogP contribution >= 0.6 is 0 Å². The van der Waals surface area contributed by atoms with Crippen molar-refractivity contribution < 1.29 is 32.5 Å². The lowest BCUT2D eigenvalue weighted by atomic mass is 10.0. The summed E-state index contributed by atoms with van der Waals surface area (Å²) in [6.07, 6.45) is -3.41. The van der Waals surface area contributed by atoms with Crippen LogP contribution in [0, 0.1) is 0 Å². The number of hydrogen-bond acceptors (Lipinski definition) is 5. The number of nitrogens with zero attached hydrogens (tertiary/aromatic N) is 3. The summed E-state index contributed by atoms with van der Waals surface area (Å²) >= 11 is 0. The summed E-state index contributed by atoms with van der Waals surface area (Å²) in [6.45, 7) is -15.5. The van der Waals surface area contributed by atoms with E-state index in [4.69, 9.17) is 22.9 Å². The van der Waals surface area contributed by atoms with E-state index < -0.39 is 64.0 Å². The van der Waals surface area contributed by atoms with Gasteiger partial charge in [-0.15, -0.1) is 0 Å². The zero-order valence-electron chi connectivity index (χ0n) is 29.4. The molecule has 0 saturated heterocycles. The maximum atomic E-state index is 11.1. The Morgan fingerprint density at radius 1 is 1.13 bits per heavy atom. The van der Waals surface area contributed by atoms with E-state index in [9.17, 15) is 4.79 Å². The Morgan fingerprint density at radius 3 is 2.39 bits per heavy atom. The van der Waals surface area contributed by atoms with Gasteiger partial charge in [0.15, 0.2) is 0 Å². The summed E-state index contributed by atoms with van der Waals surface area (Å²) in [6, 6.07) is 13.2. The minimum Gasteiger partial charge on any atom is -0.480 e.